The summed E-state index contributed by atoms with van der Waals surface area (Å²) in [5, 5.41) is 4.44. The maximum Gasteiger partial charge on any atom is 0.341 e. The zero-order chi connectivity index (χ0) is 26.5. The smallest absolute Gasteiger partial charge is 0.341 e. The minimum absolute atomic E-state index is 0.179. The van der Waals surface area contributed by atoms with Gasteiger partial charge in [-0.2, -0.15) is 0 Å². The Hall–Kier alpha value is -3.00. The van der Waals surface area contributed by atoms with Crippen molar-refractivity contribution in [1.29, 1.82) is 0 Å². The van der Waals surface area contributed by atoms with Crippen LogP contribution in [0.3, 0.4) is 0 Å². The Morgan fingerprint density at radius 1 is 1.14 bits per heavy atom. The second-order valence-corrected chi connectivity index (χ2v) is 10.7. The van der Waals surface area contributed by atoms with Crippen LogP contribution in [0.4, 0.5) is 5.00 Å². The molecule has 0 bridgehead atoms. The number of ether oxygens (including phenoxy) is 3. The third-order valence-electron chi connectivity index (χ3n) is 6.19. The number of carbonyl (C=O) groups is 2. The third-order valence-corrected chi connectivity index (χ3v) is 8.06. The third kappa shape index (κ3) is 6.29. The van der Waals surface area contributed by atoms with Gasteiger partial charge in [-0.25, -0.2) is 4.79 Å². The minimum Gasteiger partial charge on any atom is -0.493 e. The van der Waals surface area contributed by atoms with E-state index in [9.17, 15) is 9.59 Å². The van der Waals surface area contributed by atoms with Crippen molar-refractivity contribution in [3.05, 3.63) is 79.7 Å². The Labute approximate surface area is 230 Å². The first-order chi connectivity index (χ1) is 17.8. The molecule has 0 radical (unpaired) electrons. The van der Waals surface area contributed by atoms with Crippen LogP contribution in [0.2, 0.25) is 10.0 Å². The summed E-state index contributed by atoms with van der Waals surface area (Å²) in [6.45, 7) is 2.37. The molecule has 194 valence electrons. The van der Waals surface area contributed by atoms with Crippen molar-refractivity contribution >= 4 is 57.5 Å². The van der Waals surface area contributed by atoms with Crippen molar-refractivity contribution in [3.63, 3.8) is 0 Å². The molecule has 1 aromatic heterocycles. The van der Waals surface area contributed by atoms with Gasteiger partial charge in [0, 0.05) is 26.6 Å². The van der Waals surface area contributed by atoms with Crippen molar-refractivity contribution in [2.75, 3.05) is 19.5 Å². The molecule has 0 saturated heterocycles. The normalized spacial score (nSPS) is 14.8. The number of amides is 1. The van der Waals surface area contributed by atoms with Gasteiger partial charge in [0.25, 0.3) is 0 Å². The first-order valence-corrected chi connectivity index (χ1v) is 13.3. The standard InChI is InChI=1S/C28H27Cl2NO5S/c1-16-7-10-18-24(13-16)37-27(26(18)28(33)35-3)31-25(32)12-9-17-8-11-22(23(14-17)34-2)36-15-19-20(29)5-4-6-21(19)30/h4-6,8-9,11-12,14,16H,7,10,13,15H2,1-3H3,(H,31,32). The van der Waals surface area contributed by atoms with Gasteiger partial charge >= 0.3 is 5.97 Å². The highest BCUT2D eigenvalue weighted by Crippen LogP contribution is 2.40. The molecule has 2 aromatic carbocycles. The van der Waals surface area contributed by atoms with Crippen molar-refractivity contribution in [1.82, 2.24) is 0 Å². The van der Waals surface area contributed by atoms with Gasteiger partial charge in [-0.05, 0) is 66.6 Å². The quantitative estimate of drug-likeness (QED) is 0.233. The van der Waals surface area contributed by atoms with E-state index in [2.05, 4.69) is 12.2 Å². The summed E-state index contributed by atoms with van der Waals surface area (Å²) in [6, 6.07) is 10.6. The summed E-state index contributed by atoms with van der Waals surface area (Å²) in [7, 11) is 2.89. The number of hydrogen-bond donors (Lipinski definition) is 1. The Morgan fingerprint density at radius 3 is 2.59 bits per heavy atom. The zero-order valence-corrected chi connectivity index (χ0v) is 23.1. The highest BCUT2D eigenvalue weighted by Gasteiger charge is 2.28. The topological polar surface area (TPSA) is 73.9 Å². The molecular weight excluding hydrogens is 533 g/mol. The maximum absolute atomic E-state index is 12.7. The molecule has 1 aliphatic carbocycles. The lowest BCUT2D eigenvalue weighted by atomic mass is 9.88. The summed E-state index contributed by atoms with van der Waals surface area (Å²) in [6.07, 6.45) is 5.79. The lowest BCUT2D eigenvalue weighted by Gasteiger charge is -2.18. The molecule has 0 fully saturated rings. The number of fused-ring (bicyclic) bond motifs is 1. The van der Waals surface area contributed by atoms with E-state index in [4.69, 9.17) is 37.4 Å². The lowest BCUT2D eigenvalue weighted by molar-refractivity contribution is -0.111. The Kier molecular flexibility index (Phi) is 8.79. The molecule has 1 atom stereocenters. The van der Waals surface area contributed by atoms with Crippen LogP contribution in [0.15, 0.2) is 42.5 Å². The Morgan fingerprint density at radius 2 is 1.89 bits per heavy atom. The molecule has 9 heteroatoms. The van der Waals surface area contributed by atoms with Gasteiger partial charge in [0.15, 0.2) is 11.5 Å². The molecule has 1 N–H and O–H groups in total. The molecule has 0 spiro atoms. The van der Waals surface area contributed by atoms with E-state index >= 15 is 0 Å². The predicted molar refractivity (Wildman–Crippen MR) is 148 cm³/mol. The number of rotatable bonds is 8. The number of carbonyl (C=O) groups excluding carboxylic acids is 2. The van der Waals surface area contributed by atoms with Crippen LogP contribution in [0.5, 0.6) is 11.5 Å². The number of esters is 1. The Bertz CT molecular complexity index is 1330. The largest absolute Gasteiger partial charge is 0.493 e. The molecular formula is C28H27Cl2NO5S. The molecule has 0 aliphatic heterocycles. The second kappa shape index (κ2) is 12.0. The number of thiophene rings is 1. The van der Waals surface area contributed by atoms with Gasteiger partial charge in [0.1, 0.15) is 11.6 Å². The lowest BCUT2D eigenvalue weighted by Crippen LogP contribution is -2.14. The first-order valence-electron chi connectivity index (χ1n) is 11.8. The monoisotopic (exact) mass is 559 g/mol. The highest BCUT2D eigenvalue weighted by atomic mass is 35.5. The van der Waals surface area contributed by atoms with Crippen molar-refractivity contribution < 1.29 is 23.8 Å². The van der Waals surface area contributed by atoms with Crippen LogP contribution in [0.1, 0.15) is 45.3 Å². The molecule has 37 heavy (non-hydrogen) atoms. The van der Waals surface area contributed by atoms with Gasteiger partial charge in [-0.1, -0.05) is 42.3 Å². The van der Waals surface area contributed by atoms with Gasteiger partial charge in [-0.3, -0.25) is 4.79 Å². The van der Waals surface area contributed by atoms with E-state index < -0.39 is 5.97 Å². The number of nitrogens with one attached hydrogen (secondary N) is 1. The molecule has 1 heterocycles. The summed E-state index contributed by atoms with van der Waals surface area (Å²) < 4.78 is 16.4. The number of anilines is 1. The van der Waals surface area contributed by atoms with Gasteiger partial charge < -0.3 is 19.5 Å². The first kappa shape index (κ1) is 27.0. The van der Waals surface area contributed by atoms with E-state index in [1.54, 1.807) is 49.6 Å². The van der Waals surface area contributed by atoms with Crippen LogP contribution in [-0.4, -0.2) is 26.1 Å². The molecule has 1 aliphatic rings. The average Bonchev–Trinajstić information content (AvgIpc) is 3.23. The molecule has 3 aromatic rings. The van der Waals surface area contributed by atoms with Crippen molar-refractivity contribution in [2.24, 2.45) is 5.92 Å². The van der Waals surface area contributed by atoms with E-state index in [1.165, 1.54) is 24.5 Å². The van der Waals surface area contributed by atoms with Gasteiger partial charge in [0.2, 0.25) is 5.91 Å². The maximum atomic E-state index is 12.7. The van der Waals surface area contributed by atoms with Crippen LogP contribution in [0.25, 0.3) is 6.08 Å². The molecule has 6 nitrogen and oxygen atoms in total. The molecule has 1 unspecified atom stereocenters. The number of benzene rings is 2. The summed E-state index contributed by atoms with van der Waals surface area (Å²) >= 11 is 13.9. The number of methoxy groups -OCH3 is 2. The molecule has 1 amide bonds. The fourth-order valence-corrected chi connectivity index (χ4v) is 6.12. The SMILES string of the molecule is COC(=O)c1c(NC(=O)C=Cc2ccc(OCc3c(Cl)cccc3Cl)c(OC)c2)sc2c1CCC(C)C2. The molecule has 4 rings (SSSR count). The minimum atomic E-state index is -0.426. The van der Waals surface area contributed by atoms with Crippen LogP contribution in [-0.2, 0) is 29.0 Å². The summed E-state index contributed by atoms with van der Waals surface area (Å²) in [5.74, 6) is 0.790. The van der Waals surface area contributed by atoms with Crippen molar-refractivity contribution in [3.8, 4) is 11.5 Å². The molecule has 0 saturated carbocycles. The predicted octanol–water partition coefficient (Wildman–Crippen LogP) is 7.21. The van der Waals surface area contributed by atoms with Crippen LogP contribution >= 0.6 is 34.5 Å². The summed E-state index contributed by atoms with van der Waals surface area (Å²) in [4.78, 5) is 26.4. The summed E-state index contributed by atoms with van der Waals surface area (Å²) in [5.41, 5.74) is 2.89. The fourth-order valence-electron chi connectivity index (χ4n) is 4.21. The number of halogens is 2. The van der Waals surface area contributed by atoms with Crippen LogP contribution < -0.4 is 14.8 Å². The zero-order valence-electron chi connectivity index (χ0n) is 20.7. The van der Waals surface area contributed by atoms with Gasteiger partial charge in [-0.15, -0.1) is 11.3 Å². The van der Waals surface area contributed by atoms with E-state index in [0.29, 0.717) is 43.6 Å². The van der Waals surface area contributed by atoms with Crippen LogP contribution in [0, 0.1) is 5.92 Å². The van der Waals surface area contributed by atoms with Gasteiger partial charge in [0.05, 0.1) is 19.8 Å². The Balaban J connectivity index is 1.47. The second-order valence-electron chi connectivity index (χ2n) is 8.77. The highest BCUT2D eigenvalue weighted by molar-refractivity contribution is 7.17. The van der Waals surface area contributed by atoms with E-state index in [0.717, 1.165) is 35.3 Å². The van der Waals surface area contributed by atoms with E-state index in [1.807, 2.05) is 0 Å². The van der Waals surface area contributed by atoms with E-state index in [-0.39, 0.29) is 12.5 Å². The number of hydrogen-bond acceptors (Lipinski definition) is 6. The fraction of sp³-hybridized carbons (Fsp3) is 0.286. The average molecular weight is 560 g/mol. The van der Waals surface area contributed by atoms with Crippen molar-refractivity contribution in [2.45, 2.75) is 32.8 Å².